The Morgan fingerprint density at radius 1 is 1.14 bits per heavy atom. The SMILES string of the molecule is COc1ccc(N2C(=S)N[C@@H](c3ccccn3)[C@@H]2c2cccn2-c2ccc(Cl)cn2)cc1NC(C)=O. The molecule has 182 valence electrons. The molecule has 0 unspecified atom stereocenters. The summed E-state index contributed by atoms with van der Waals surface area (Å²) in [6, 6.07) is 18.6. The number of thiocarbonyl (C=S) groups is 1. The molecule has 4 heterocycles. The van der Waals surface area contributed by atoms with Crippen LogP contribution in [0.4, 0.5) is 11.4 Å². The van der Waals surface area contributed by atoms with Gasteiger partial charge in [-0.2, -0.15) is 0 Å². The highest BCUT2D eigenvalue weighted by atomic mass is 35.5. The van der Waals surface area contributed by atoms with Gasteiger partial charge in [-0.3, -0.25) is 9.78 Å². The Hall–Kier alpha value is -3.95. The number of pyridine rings is 2. The van der Waals surface area contributed by atoms with Gasteiger partial charge in [0.2, 0.25) is 5.91 Å². The Morgan fingerprint density at radius 2 is 2.00 bits per heavy atom. The quantitative estimate of drug-likeness (QED) is 0.345. The Morgan fingerprint density at radius 3 is 2.69 bits per heavy atom. The highest BCUT2D eigenvalue weighted by molar-refractivity contribution is 7.80. The minimum Gasteiger partial charge on any atom is -0.495 e. The van der Waals surface area contributed by atoms with E-state index in [1.807, 2.05) is 76.3 Å². The van der Waals surface area contributed by atoms with E-state index in [0.717, 1.165) is 22.9 Å². The fourth-order valence-electron chi connectivity index (χ4n) is 4.42. The number of anilines is 2. The fourth-order valence-corrected chi connectivity index (χ4v) is 4.88. The second kappa shape index (κ2) is 9.96. The van der Waals surface area contributed by atoms with Crippen molar-refractivity contribution in [3.05, 3.63) is 95.7 Å². The van der Waals surface area contributed by atoms with Crippen molar-refractivity contribution < 1.29 is 9.53 Å². The first-order chi connectivity index (χ1) is 17.5. The van der Waals surface area contributed by atoms with Crippen molar-refractivity contribution in [1.82, 2.24) is 19.9 Å². The number of nitrogens with one attached hydrogen (secondary N) is 2. The molecule has 1 fully saturated rings. The van der Waals surface area contributed by atoms with Crippen molar-refractivity contribution in [1.29, 1.82) is 0 Å². The summed E-state index contributed by atoms with van der Waals surface area (Å²) in [5.41, 5.74) is 3.14. The molecule has 1 aliphatic heterocycles. The second-order valence-electron chi connectivity index (χ2n) is 8.20. The van der Waals surface area contributed by atoms with Gasteiger partial charge in [0.1, 0.15) is 17.6 Å². The van der Waals surface area contributed by atoms with E-state index in [0.29, 0.717) is 21.6 Å². The summed E-state index contributed by atoms with van der Waals surface area (Å²) in [6.45, 7) is 1.46. The van der Waals surface area contributed by atoms with Crippen LogP contribution in [0, 0.1) is 0 Å². The standard InChI is InChI=1S/C26H23ClN6O2S/c1-16(34)30-20-14-18(9-10-22(20)35-2)33-25(24(31-26(33)36)19-6-3-4-12-28-19)21-7-5-13-32(21)23-11-8-17(27)15-29-23/h3-15,24-25H,1-2H3,(H,30,34)(H,31,36)/t24-,25-/m0/s1. The molecule has 10 heteroatoms. The number of amides is 1. The van der Waals surface area contributed by atoms with Crippen LogP contribution in [-0.4, -0.2) is 32.7 Å². The monoisotopic (exact) mass is 518 g/mol. The van der Waals surface area contributed by atoms with E-state index in [1.54, 1.807) is 19.5 Å². The summed E-state index contributed by atoms with van der Waals surface area (Å²) in [5, 5.41) is 7.40. The zero-order valence-electron chi connectivity index (χ0n) is 19.6. The van der Waals surface area contributed by atoms with Crippen LogP contribution in [0.5, 0.6) is 5.75 Å². The van der Waals surface area contributed by atoms with E-state index in [9.17, 15) is 4.79 Å². The predicted octanol–water partition coefficient (Wildman–Crippen LogP) is 5.06. The minimum absolute atomic E-state index is 0.196. The summed E-state index contributed by atoms with van der Waals surface area (Å²) in [7, 11) is 1.56. The average molecular weight is 519 g/mol. The number of benzene rings is 1. The summed E-state index contributed by atoms with van der Waals surface area (Å²) in [6.07, 6.45) is 5.34. The van der Waals surface area contributed by atoms with Gasteiger partial charge < -0.3 is 24.8 Å². The zero-order chi connectivity index (χ0) is 25.2. The number of carbonyl (C=O) groups is 1. The van der Waals surface area contributed by atoms with Gasteiger partial charge in [-0.15, -0.1) is 0 Å². The Balaban J connectivity index is 1.66. The normalized spacial score (nSPS) is 17.1. The van der Waals surface area contributed by atoms with Crippen LogP contribution in [0.3, 0.4) is 0 Å². The van der Waals surface area contributed by atoms with E-state index >= 15 is 0 Å². The summed E-state index contributed by atoms with van der Waals surface area (Å²) >= 11 is 11.9. The van der Waals surface area contributed by atoms with Crippen LogP contribution in [0.25, 0.3) is 5.82 Å². The van der Waals surface area contributed by atoms with Crippen LogP contribution in [-0.2, 0) is 4.79 Å². The first-order valence-corrected chi connectivity index (χ1v) is 12.0. The maximum atomic E-state index is 11.8. The number of ether oxygens (including phenoxy) is 1. The molecule has 5 rings (SSSR count). The molecule has 2 atom stereocenters. The van der Waals surface area contributed by atoms with Gasteiger partial charge in [0.15, 0.2) is 5.11 Å². The molecule has 3 aromatic heterocycles. The molecule has 1 saturated heterocycles. The summed E-state index contributed by atoms with van der Waals surface area (Å²) in [5.74, 6) is 1.09. The molecule has 4 aromatic rings. The van der Waals surface area contributed by atoms with Crippen LogP contribution < -0.4 is 20.3 Å². The molecule has 1 amide bonds. The highest BCUT2D eigenvalue weighted by Gasteiger charge is 2.42. The van der Waals surface area contributed by atoms with Crippen molar-refractivity contribution in [2.45, 2.75) is 19.0 Å². The van der Waals surface area contributed by atoms with Crippen molar-refractivity contribution >= 4 is 46.2 Å². The van der Waals surface area contributed by atoms with Crippen LogP contribution in [0.15, 0.2) is 79.3 Å². The highest BCUT2D eigenvalue weighted by Crippen LogP contribution is 2.43. The van der Waals surface area contributed by atoms with Gasteiger partial charge >= 0.3 is 0 Å². The molecule has 36 heavy (non-hydrogen) atoms. The van der Waals surface area contributed by atoms with E-state index in [1.165, 1.54) is 6.92 Å². The lowest BCUT2D eigenvalue weighted by Crippen LogP contribution is -2.30. The first kappa shape index (κ1) is 23.8. The average Bonchev–Trinajstić information content (AvgIpc) is 3.49. The molecule has 0 aliphatic carbocycles. The van der Waals surface area contributed by atoms with Crippen LogP contribution >= 0.6 is 23.8 Å². The van der Waals surface area contributed by atoms with Gasteiger partial charge in [-0.05, 0) is 66.8 Å². The topological polar surface area (TPSA) is 84.3 Å². The lowest BCUT2D eigenvalue weighted by atomic mass is 10.0. The smallest absolute Gasteiger partial charge is 0.221 e. The van der Waals surface area contributed by atoms with Crippen molar-refractivity contribution in [2.75, 3.05) is 17.3 Å². The van der Waals surface area contributed by atoms with E-state index < -0.39 is 0 Å². The van der Waals surface area contributed by atoms with E-state index in [4.69, 9.17) is 28.6 Å². The van der Waals surface area contributed by atoms with Crippen molar-refractivity contribution in [3.8, 4) is 11.6 Å². The molecule has 8 nitrogen and oxygen atoms in total. The summed E-state index contributed by atoms with van der Waals surface area (Å²) in [4.78, 5) is 23.0. The van der Waals surface area contributed by atoms with Gasteiger partial charge in [0.25, 0.3) is 0 Å². The first-order valence-electron chi connectivity index (χ1n) is 11.2. The van der Waals surface area contributed by atoms with Gasteiger partial charge in [-0.1, -0.05) is 17.7 Å². The molecular formula is C26H23ClN6O2S. The maximum Gasteiger partial charge on any atom is 0.221 e. The number of hydrogen-bond donors (Lipinski definition) is 2. The molecule has 2 N–H and O–H groups in total. The maximum absolute atomic E-state index is 11.8. The Kier molecular flexibility index (Phi) is 6.58. The molecule has 1 aliphatic rings. The largest absolute Gasteiger partial charge is 0.495 e. The third-order valence-corrected chi connectivity index (χ3v) is 6.45. The predicted molar refractivity (Wildman–Crippen MR) is 144 cm³/mol. The van der Waals surface area contributed by atoms with Crippen LogP contribution in [0.2, 0.25) is 5.02 Å². The number of methoxy groups -OCH3 is 1. The van der Waals surface area contributed by atoms with Crippen molar-refractivity contribution in [2.24, 2.45) is 0 Å². The van der Waals surface area contributed by atoms with Crippen LogP contribution in [0.1, 0.15) is 30.4 Å². The number of halogens is 1. The number of hydrogen-bond acceptors (Lipinski definition) is 5. The summed E-state index contributed by atoms with van der Waals surface area (Å²) < 4.78 is 7.46. The Labute approximate surface area is 218 Å². The van der Waals surface area contributed by atoms with E-state index in [-0.39, 0.29) is 18.0 Å². The molecular weight excluding hydrogens is 496 g/mol. The molecule has 0 spiro atoms. The molecule has 0 radical (unpaired) electrons. The number of carbonyl (C=O) groups excluding carboxylic acids is 1. The third-order valence-electron chi connectivity index (χ3n) is 5.91. The second-order valence-corrected chi connectivity index (χ2v) is 9.02. The zero-order valence-corrected chi connectivity index (χ0v) is 21.1. The Bertz CT molecular complexity index is 1410. The third kappa shape index (κ3) is 4.50. The lowest BCUT2D eigenvalue weighted by molar-refractivity contribution is -0.114. The van der Waals surface area contributed by atoms with E-state index in [2.05, 4.69) is 20.6 Å². The molecule has 0 saturated carbocycles. The molecule has 0 bridgehead atoms. The number of nitrogens with zero attached hydrogens (tertiary/aromatic N) is 4. The number of rotatable bonds is 6. The molecule has 1 aromatic carbocycles. The van der Waals surface area contributed by atoms with Gasteiger partial charge in [0, 0.05) is 36.9 Å². The lowest BCUT2D eigenvalue weighted by Gasteiger charge is -2.29. The fraction of sp³-hybridized carbons (Fsp3) is 0.154. The minimum atomic E-state index is -0.279. The van der Waals surface area contributed by atoms with Crippen molar-refractivity contribution in [3.63, 3.8) is 0 Å². The van der Waals surface area contributed by atoms with Gasteiger partial charge in [-0.25, -0.2) is 4.98 Å². The number of aromatic nitrogens is 3. The van der Waals surface area contributed by atoms with Gasteiger partial charge in [0.05, 0.1) is 29.6 Å².